The van der Waals surface area contributed by atoms with Crippen LogP contribution in [0.4, 0.5) is 0 Å². The fourth-order valence-electron chi connectivity index (χ4n) is 3.60. The number of carbonyl (C=O) groups excluding carboxylic acids is 2. The highest BCUT2D eigenvalue weighted by Crippen LogP contribution is 2.31. The lowest BCUT2D eigenvalue weighted by atomic mass is 10.2. The van der Waals surface area contributed by atoms with Crippen molar-refractivity contribution in [3.05, 3.63) is 94.3 Å². The molecule has 0 amide bonds. The largest absolute Gasteiger partial charge is 0.452 e. The first-order valence-electron chi connectivity index (χ1n) is 12.0. The van der Waals surface area contributed by atoms with E-state index in [4.69, 9.17) is 26.4 Å². The molecule has 5 aromatic rings. The number of nitrogens with zero attached hydrogens (tertiary/aromatic N) is 2. The van der Waals surface area contributed by atoms with Gasteiger partial charge in [-0.3, -0.25) is 4.79 Å². The lowest BCUT2D eigenvalue weighted by Gasteiger charge is -2.10. The van der Waals surface area contributed by atoms with E-state index in [2.05, 4.69) is 9.79 Å². The minimum atomic E-state index is -4.25. The van der Waals surface area contributed by atoms with E-state index in [1.54, 1.807) is 40.7 Å². The van der Waals surface area contributed by atoms with Crippen molar-refractivity contribution in [3.8, 4) is 27.8 Å². The van der Waals surface area contributed by atoms with Gasteiger partial charge in [0.2, 0.25) is 5.16 Å². The van der Waals surface area contributed by atoms with Crippen molar-refractivity contribution in [2.24, 2.45) is 0 Å². The zero-order valence-electron chi connectivity index (χ0n) is 21.2. The second-order valence-electron chi connectivity index (χ2n) is 8.35. The normalized spacial score (nSPS) is 11.1. The predicted molar refractivity (Wildman–Crippen MR) is 151 cm³/mol. The molecule has 0 unspecified atom stereocenters. The molecule has 0 saturated carbocycles. The lowest BCUT2D eigenvalue weighted by Crippen LogP contribution is -2.34. The summed E-state index contributed by atoms with van der Waals surface area (Å²) in [6.45, 7) is -0.375. The summed E-state index contributed by atoms with van der Waals surface area (Å²) in [5.74, 6) is -1.81. The average molecular weight is 644 g/mol. The van der Waals surface area contributed by atoms with E-state index in [1.165, 1.54) is 46.7 Å². The fourth-order valence-corrected chi connectivity index (χ4v) is 7.31. The Hall–Kier alpha value is -4.44. The third-order valence-electron chi connectivity index (χ3n) is 5.55. The number of aromatic nitrogens is 2. The van der Waals surface area contributed by atoms with Gasteiger partial charge in [-0.05, 0) is 64.8 Å². The number of benzene rings is 3. The molecule has 0 aliphatic heterocycles. The number of sulfone groups is 1. The molecule has 15 heteroatoms. The fraction of sp³-hybridized carbons (Fsp3) is 0.0741. The summed E-state index contributed by atoms with van der Waals surface area (Å²) in [5.41, 5.74) is 0.952. The van der Waals surface area contributed by atoms with E-state index >= 15 is 0 Å². The number of para-hydroxylation sites is 1. The number of esters is 2. The van der Waals surface area contributed by atoms with Crippen molar-refractivity contribution >= 4 is 54.7 Å². The van der Waals surface area contributed by atoms with E-state index in [-0.39, 0.29) is 34.1 Å². The first-order chi connectivity index (χ1) is 20.2. The van der Waals surface area contributed by atoms with Crippen LogP contribution in [-0.4, -0.2) is 37.3 Å². The van der Waals surface area contributed by atoms with Gasteiger partial charge in [0.15, 0.2) is 4.90 Å². The molecule has 42 heavy (non-hydrogen) atoms. The summed E-state index contributed by atoms with van der Waals surface area (Å²) in [5, 5.41) is 12.5. The van der Waals surface area contributed by atoms with Crippen molar-refractivity contribution in [1.82, 2.24) is 5.16 Å². The molecule has 0 bridgehead atoms. The Morgan fingerprint density at radius 2 is 1.67 bits per heavy atom. The maximum absolute atomic E-state index is 12.9. The van der Waals surface area contributed by atoms with Gasteiger partial charge in [-0.25, -0.2) is 13.2 Å². The Balaban J connectivity index is 1.20. The molecule has 0 saturated heterocycles. The van der Waals surface area contributed by atoms with Crippen LogP contribution >= 0.6 is 32.9 Å². The summed E-state index contributed by atoms with van der Waals surface area (Å²) < 4.78 is 47.2. The molecule has 1 N–H and O–H groups in total. The molecule has 0 fully saturated rings. The molecule has 214 valence electrons. The quantitative estimate of drug-likeness (QED) is 0.0709. The van der Waals surface area contributed by atoms with Crippen molar-refractivity contribution in [3.63, 3.8) is 0 Å². The Bertz CT molecular complexity index is 1900. The van der Waals surface area contributed by atoms with Gasteiger partial charge in [-0.15, -0.1) is 0 Å². The average Bonchev–Trinajstić information content (AvgIpc) is 3.59. The number of carbonyl (C=O) groups is 2. The minimum Gasteiger partial charge on any atom is -0.452 e. The number of ether oxygens (including phenoxy) is 3. The summed E-state index contributed by atoms with van der Waals surface area (Å²) in [7, 11) is -1.19. The van der Waals surface area contributed by atoms with E-state index in [1.807, 2.05) is 18.2 Å². The van der Waals surface area contributed by atoms with Gasteiger partial charge in [0.1, 0.15) is 27.5 Å². The van der Waals surface area contributed by atoms with Crippen LogP contribution in [0, 0.1) is 3.82 Å². The number of hydrogen-bond acceptors (Lipinski definition) is 13. The second-order valence-corrected chi connectivity index (χ2v) is 13.1. The van der Waals surface area contributed by atoms with Crippen molar-refractivity contribution in [2.75, 3.05) is 6.61 Å². The zero-order valence-corrected chi connectivity index (χ0v) is 24.5. The van der Waals surface area contributed by atoms with Crippen molar-refractivity contribution in [2.45, 2.75) is 16.3 Å². The number of rotatable bonds is 10. The maximum atomic E-state index is 12.9. The zero-order chi connectivity index (χ0) is 29.7. The molecule has 2 aromatic heterocycles. The van der Waals surface area contributed by atoms with Gasteiger partial charge in [-0.1, -0.05) is 63.2 Å². The van der Waals surface area contributed by atoms with Crippen LogP contribution in [0.5, 0.6) is 17.4 Å². The van der Waals surface area contributed by atoms with Gasteiger partial charge in [0, 0.05) is 4.88 Å². The Morgan fingerprint density at radius 1 is 0.952 bits per heavy atom. The van der Waals surface area contributed by atoms with E-state index in [0.717, 1.165) is 14.3 Å². The number of hydrogen-bond donors (Lipinski definition) is 1. The molecule has 0 atom stereocenters. The SMILES string of the molecule is O=C(CCOc1no[n+](O)c1S(=O)(=O)c1ccccc1)Oc1ccccc1C(=O)Oc1ccc(-c2cc(=S)ss2)cc1. The molecule has 0 radical (unpaired) electrons. The van der Waals surface area contributed by atoms with Gasteiger partial charge in [0.05, 0.1) is 11.3 Å². The second kappa shape index (κ2) is 12.6. The molecule has 11 nitrogen and oxygen atoms in total. The van der Waals surface area contributed by atoms with Crippen LogP contribution in [0.15, 0.2) is 99.5 Å². The van der Waals surface area contributed by atoms with Gasteiger partial charge < -0.3 is 19.4 Å². The molecule has 3 aromatic carbocycles. The minimum absolute atomic E-state index is 0.0146. The van der Waals surface area contributed by atoms with Gasteiger partial charge >= 0.3 is 22.8 Å². The first kappa shape index (κ1) is 29.1. The third-order valence-corrected chi connectivity index (χ3v) is 10.2. The molecule has 2 heterocycles. The van der Waals surface area contributed by atoms with Crippen LogP contribution < -0.4 is 19.1 Å². The van der Waals surface area contributed by atoms with E-state index in [0.29, 0.717) is 5.75 Å². The molecular formula is C27H19N2O9S4+. The van der Waals surface area contributed by atoms with Crippen LogP contribution in [-0.2, 0) is 14.6 Å². The molecule has 5 rings (SSSR count). The Morgan fingerprint density at radius 3 is 2.38 bits per heavy atom. The van der Waals surface area contributed by atoms with E-state index in [9.17, 15) is 23.2 Å². The highest BCUT2D eigenvalue weighted by Gasteiger charge is 2.40. The molecular weight excluding hydrogens is 625 g/mol. The van der Waals surface area contributed by atoms with Crippen molar-refractivity contribution < 1.29 is 47.0 Å². The highest BCUT2D eigenvalue weighted by molar-refractivity contribution is 7.91. The molecule has 0 spiro atoms. The lowest BCUT2D eigenvalue weighted by molar-refractivity contribution is -1.06. The van der Waals surface area contributed by atoms with Gasteiger partial charge in [-0.2, -0.15) is 0 Å². The Kier molecular flexibility index (Phi) is 8.72. The van der Waals surface area contributed by atoms with E-state index < -0.39 is 32.7 Å². The van der Waals surface area contributed by atoms with Gasteiger partial charge in [0.25, 0.3) is 9.84 Å². The smallest absolute Gasteiger partial charge is 0.445 e. The summed E-state index contributed by atoms with van der Waals surface area (Å²) in [6.07, 6.45) is -0.358. The van der Waals surface area contributed by atoms with Crippen LogP contribution in [0.2, 0.25) is 0 Å². The standard InChI is InChI=1S/C27H19N2O9S4/c30-23(14-15-35-25-26(29(32)38-28-25)42(33,34)19-6-2-1-3-7-19)37-21-9-5-4-8-20(21)27(31)36-18-12-10-17(11-13-18)22-16-24(39)41-40-22/h1-13,16,32H,14-15H2/q+1. The predicted octanol–water partition coefficient (Wildman–Crippen LogP) is 5.15. The molecule has 0 aliphatic rings. The summed E-state index contributed by atoms with van der Waals surface area (Å²) >= 11 is 5.17. The molecule has 0 aliphatic carbocycles. The summed E-state index contributed by atoms with van der Waals surface area (Å²) in [6, 6.07) is 22.2. The van der Waals surface area contributed by atoms with Crippen LogP contribution in [0.1, 0.15) is 16.8 Å². The topological polar surface area (TPSA) is 146 Å². The van der Waals surface area contributed by atoms with Crippen LogP contribution in [0.25, 0.3) is 10.4 Å². The summed E-state index contributed by atoms with van der Waals surface area (Å²) in [4.78, 5) is 26.3. The monoisotopic (exact) mass is 643 g/mol. The third kappa shape index (κ3) is 6.54. The first-order valence-corrected chi connectivity index (χ1v) is 16.0. The van der Waals surface area contributed by atoms with Crippen molar-refractivity contribution in [1.29, 1.82) is 0 Å². The van der Waals surface area contributed by atoms with Crippen LogP contribution in [0.3, 0.4) is 0 Å². The highest BCUT2D eigenvalue weighted by atomic mass is 32.9. The maximum Gasteiger partial charge on any atom is 0.445 e. The Labute approximate surface area is 251 Å².